The third-order valence-corrected chi connectivity index (χ3v) is 7.83. The summed E-state index contributed by atoms with van der Waals surface area (Å²) in [6, 6.07) is 15.7. The van der Waals surface area contributed by atoms with Crippen molar-refractivity contribution in [2.75, 3.05) is 19.9 Å². The molecule has 0 N–H and O–H groups in total. The van der Waals surface area contributed by atoms with Gasteiger partial charge in [0.05, 0.1) is 24.6 Å². The first-order chi connectivity index (χ1) is 16.1. The molecule has 3 atom stereocenters. The summed E-state index contributed by atoms with van der Waals surface area (Å²) in [7, 11) is 1.65. The summed E-state index contributed by atoms with van der Waals surface area (Å²) in [5, 5.41) is 0. The summed E-state index contributed by atoms with van der Waals surface area (Å²) < 4.78 is 11.5. The van der Waals surface area contributed by atoms with Crippen molar-refractivity contribution in [2.45, 2.75) is 49.1 Å². The van der Waals surface area contributed by atoms with E-state index in [9.17, 15) is 9.59 Å². The lowest BCUT2D eigenvalue weighted by Gasteiger charge is -2.35. The van der Waals surface area contributed by atoms with Gasteiger partial charge in [-0.05, 0) is 67.3 Å². The molecule has 0 bridgehead atoms. The Hall–Kier alpha value is -2.73. The largest absolute Gasteiger partial charge is 0.497 e. The van der Waals surface area contributed by atoms with Crippen LogP contribution in [0.4, 0.5) is 0 Å². The number of methoxy groups -OCH3 is 1. The van der Waals surface area contributed by atoms with Gasteiger partial charge in [-0.15, -0.1) is 11.8 Å². The van der Waals surface area contributed by atoms with Crippen LogP contribution >= 0.6 is 11.8 Å². The van der Waals surface area contributed by atoms with E-state index >= 15 is 0 Å². The summed E-state index contributed by atoms with van der Waals surface area (Å²) in [5.74, 6) is 0.924. The molecule has 6 heteroatoms. The van der Waals surface area contributed by atoms with Crippen molar-refractivity contribution >= 4 is 23.5 Å². The Morgan fingerprint density at radius 1 is 1.03 bits per heavy atom. The van der Waals surface area contributed by atoms with Gasteiger partial charge in [-0.1, -0.05) is 30.7 Å². The fourth-order valence-corrected chi connectivity index (χ4v) is 5.71. The van der Waals surface area contributed by atoms with Crippen LogP contribution in [-0.2, 0) is 20.7 Å². The van der Waals surface area contributed by atoms with Gasteiger partial charge in [0.1, 0.15) is 11.9 Å². The molecule has 1 fully saturated rings. The minimum atomic E-state index is -0.392. The standard InChI is InChI=1S/C27H29NO4S/c1-31-19-11-7-17(8-12-19)15-16-28-24(18-9-13-20(33-2)14-10-18)23-25(29)21-5-3-4-6-22(21)32-26(23)27(28)30/h7-14,21-22,24H,3-6,15-16H2,1-2H3. The first-order valence-electron chi connectivity index (χ1n) is 11.6. The number of carbonyl (C=O) groups excluding carboxylic acids is 2. The van der Waals surface area contributed by atoms with Crippen LogP contribution in [0.1, 0.15) is 42.9 Å². The minimum Gasteiger partial charge on any atom is -0.497 e. The Bertz CT molecular complexity index is 1080. The van der Waals surface area contributed by atoms with Gasteiger partial charge in [0, 0.05) is 11.4 Å². The van der Waals surface area contributed by atoms with Gasteiger partial charge < -0.3 is 14.4 Å². The number of ketones is 1. The highest BCUT2D eigenvalue weighted by Crippen LogP contribution is 2.46. The van der Waals surface area contributed by atoms with Crippen LogP contribution < -0.4 is 4.74 Å². The quantitative estimate of drug-likeness (QED) is 0.567. The normalized spacial score (nSPS) is 24.4. The Labute approximate surface area is 199 Å². The van der Waals surface area contributed by atoms with Gasteiger partial charge in [-0.3, -0.25) is 9.59 Å². The van der Waals surface area contributed by atoms with Crippen molar-refractivity contribution in [3.05, 3.63) is 71.0 Å². The van der Waals surface area contributed by atoms with E-state index in [2.05, 4.69) is 12.1 Å². The fourth-order valence-electron chi connectivity index (χ4n) is 5.30. The lowest BCUT2D eigenvalue weighted by molar-refractivity contribution is -0.135. The molecule has 5 nitrogen and oxygen atoms in total. The predicted molar refractivity (Wildman–Crippen MR) is 128 cm³/mol. The molecule has 3 unspecified atom stereocenters. The molecule has 0 aromatic heterocycles. The van der Waals surface area contributed by atoms with Crippen molar-refractivity contribution in [1.82, 2.24) is 4.90 Å². The number of nitrogens with zero attached hydrogens (tertiary/aromatic N) is 1. The number of hydrogen-bond donors (Lipinski definition) is 0. The predicted octanol–water partition coefficient (Wildman–Crippen LogP) is 4.96. The van der Waals surface area contributed by atoms with Gasteiger partial charge in [0.2, 0.25) is 0 Å². The highest BCUT2D eigenvalue weighted by molar-refractivity contribution is 7.98. The summed E-state index contributed by atoms with van der Waals surface area (Å²) in [6.07, 6.45) is 6.36. The van der Waals surface area contributed by atoms with Crippen molar-refractivity contribution < 1.29 is 19.1 Å². The number of thioether (sulfide) groups is 1. The van der Waals surface area contributed by atoms with Crippen LogP contribution in [-0.4, -0.2) is 42.6 Å². The number of hydrogen-bond acceptors (Lipinski definition) is 5. The number of benzene rings is 2. The molecule has 5 rings (SSSR count). The second kappa shape index (κ2) is 9.26. The molecule has 172 valence electrons. The molecule has 2 aliphatic heterocycles. The van der Waals surface area contributed by atoms with E-state index in [1.54, 1.807) is 18.9 Å². The van der Waals surface area contributed by atoms with Gasteiger partial charge in [-0.2, -0.15) is 0 Å². The van der Waals surface area contributed by atoms with Gasteiger partial charge in [0.25, 0.3) is 5.91 Å². The van der Waals surface area contributed by atoms with Crippen molar-refractivity contribution in [3.63, 3.8) is 0 Å². The monoisotopic (exact) mass is 463 g/mol. The lowest BCUT2D eigenvalue weighted by atomic mass is 9.77. The topological polar surface area (TPSA) is 55.8 Å². The van der Waals surface area contributed by atoms with Crippen LogP contribution in [0.15, 0.2) is 64.8 Å². The number of carbonyl (C=O) groups is 2. The first-order valence-corrected chi connectivity index (χ1v) is 12.9. The summed E-state index contributed by atoms with van der Waals surface area (Å²) >= 11 is 1.68. The van der Waals surface area contributed by atoms with Gasteiger partial charge in [0.15, 0.2) is 11.5 Å². The molecule has 2 aromatic rings. The highest BCUT2D eigenvalue weighted by atomic mass is 32.2. The molecule has 1 aliphatic carbocycles. The van der Waals surface area contributed by atoms with E-state index in [1.807, 2.05) is 47.6 Å². The maximum Gasteiger partial charge on any atom is 0.290 e. The molecule has 1 amide bonds. The molecule has 1 saturated carbocycles. The zero-order chi connectivity index (χ0) is 22.9. The van der Waals surface area contributed by atoms with E-state index in [1.165, 1.54) is 0 Å². The molecular weight excluding hydrogens is 434 g/mol. The number of rotatable bonds is 6. The zero-order valence-electron chi connectivity index (χ0n) is 19.1. The smallest absolute Gasteiger partial charge is 0.290 e. The number of Topliss-reactive ketones (excluding diaryl/α,β-unsaturated/α-hetero) is 1. The Morgan fingerprint density at radius 2 is 1.76 bits per heavy atom. The second-order valence-corrected chi connectivity index (χ2v) is 9.81. The second-order valence-electron chi connectivity index (χ2n) is 8.93. The van der Waals surface area contributed by atoms with Crippen LogP contribution in [0.3, 0.4) is 0 Å². The highest BCUT2D eigenvalue weighted by Gasteiger charge is 2.51. The third kappa shape index (κ3) is 4.05. The average Bonchev–Trinajstić information content (AvgIpc) is 3.15. The number of amides is 1. The third-order valence-electron chi connectivity index (χ3n) is 7.09. The van der Waals surface area contributed by atoms with Crippen LogP contribution in [0, 0.1) is 5.92 Å². The Balaban J connectivity index is 1.47. The van der Waals surface area contributed by atoms with Crippen molar-refractivity contribution in [2.24, 2.45) is 5.92 Å². The van der Waals surface area contributed by atoms with Crippen LogP contribution in [0.2, 0.25) is 0 Å². The van der Waals surface area contributed by atoms with Gasteiger partial charge >= 0.3 is 0 Å². The fraction of sp³-hybridized carbons (Fsp3) is 0.407. The summed E-state index contributed by atoms with van der Waals surface area (Å²) in [6.45, 7) is 0.513. The van der Waals surface area contributed by atoms with Crippen molar-refractivity contribution in [3.8, 4) is 5.75 Å². The molecule has 0 radical (unpaired) electrons. The molecular formula is C27H29NO4S. The van der Waals surface area contributed by atoms with E-state index in [0.717, 1.165) is 47.5 Å². The maximum absolute atomic E-state index is 13.6. The SMILES string of the molecule is COc1ccc(CCN2C(=O)C3=C(C(=O)C4CCCCC4O3)C2c2ccc(SC)cc2)cc1. The van der Waals surface area contributed by atoms with Crippen molar-refractivity contribution in [1.29, 1.82) is 0 Å². The lowest BCUT2D eigenvalue weighted by Crippen LogP contribution is -2.39. The van der Waals surface area contributed by atoms with E-state index < -0.39 is 6.04 Å². The first kappa shape index (κ1) is 22.1. The van der Waals surface area contributed by atoms with E-state index in [0.29, 0.717) is 18.5 Å². The zero-order valence-corrected chi connectivity index (χ0v) is 19.9. The number of fused-ring (bicyclic) bond motifs is 1. The number of ether oxygens (including phenoxy) is 2. The minimum absolute atomic E-state index is 0.111. The Morgan fingerprint density at radius 3 is 2.45 bits per heavy atom. The molecule has 3 aliphatic rings. The maximum atomic E-state index is 13.6. The van der Waals surface area contributed by atoms with E-state index in [4.69, 9.17) is 9.47 Å². The molecule has 33 heavy (non-hydrogen) atoms. The van der Waals surface area contributed by atoms with Gasteiger partial charge in [-0.25, -0.2) is 0 Å². The van der Waals surface area contributed by atoms with Crippen LogP contribution in [0.25, 0.3) is 0 Å². The molecule has 2 heterocycles. The van der Waals surface area contributed by atoms with Crippen LogP contribution in [0.5, 0.6) is 5.75 Å². The molecule has 0 saturated heterocycles. The summed E-state index contributed by atoms with van der Waals surface area (Å²) in [4.78, 5) is 30.2. The molecule has 0 spiro atoms. The average molecular weight is 464 g/mol. The molecule has 2 aromatic carbocycles. The Kier molecular flexibility index (Phi) is 6.19. The summed E-state index contributed by atoms with van der Waals surface area (Å²) in [5.41, 5.74) is 2.65. The van der Waals surface area contributed by atoms with E-state index in [-0.39, 0.29) is 29.5 Å².